The van der Waals surface area contributed by atoms with E-state index in [-0.39, 0.29) is 11.8 Å². The third kappa shape index (κ3) is 5.35. The summed E-state index contributed by atoms with van der Waals surface area (Å²) in [5.41, 5.74) is 0.395. The van der Waals surface area contributed by atoms with E-state index in [2.05, 4.69) is 5.32 Å². The Labute approximate surface area is 134 Å². The molecule has 23 heavy (non-hydrogen) atoms. The molecular formula is C16H22F2N2O3. The molecule has 1 heterocycles. The fraction of sp³-hybridized carbons (Fsp3) is 0.562. The molecule has 0 spiro atoms. The largest absolute Gasteiger partial charge is 0.485 e. The predicted octanol–water partition coefficient (Wildman–Crippen LogP) is 3.22. The van der Waals surface area contributed by atoms with Gasteiger partial charge in [-0.1, -0.05) is 12.1 Å². The second-order valence-corrected chi connectivity index (χ2v) is 5.39. The quantitative estimate of drug-likeness (QED) is 0.836. The Morgan fingerprint density at radius 2 is 2.22 bits per heavy atom. The maximum absolute atomic E-state index is 12.3. The van der Waals surface area contributed by atoms with Crippen molar-refractivity contribution in [3.8, 4) is 5.75 Å². The van der Waals surface area contributed by atoms with Crippen molar-refractivity contribution < 1.29 is 23.0 Å². The third-order valence-corrected chi connectivity index (χ3v) is 3.62. The average molecular weight is 328 g/mol. The molecule has 128 valence electrons. The van der Waals surface area contributed by atoms with Crippen LogP contribution in [0.4, 0.5) is 19.3 Å². The van der Waals surface area contributed by atoms with E-state index in [9.17, 15) is 13.6 Å². The highest BCUT2D eigenvalue weighted by Crippen LogP contribution is 2.25. The molecule has 1 aliphatic heterocycles. The SMILES string of the molecule is CCOC[C@@H]1CCN(C(=O)Nc2ccccc2OCC(F)F)C1. The van der Waals surface area contributed by atoms with Crippen LogP contribution in [-0.2, 0) is 4.74 Å². The zero-order valence-corrected chi connectivity index (χ0v) is 13.1. The zero-order valence-electron chi connectivity index (χ0n) is 13.1. The number of benzene rings is 1. The molecule has 1 aromatic rings. The lowest BCUT2D eigenvalue weighted by Gasteiger charge is -2.19. The fourth-order valence-electron chi connectivity index (χ4n) is 2.48. The van der Waals surface area contributed by atoms with Crippen molar-refractivity contribution in [1.82, 2.24) is 4.90 Å². The first kappa shape index (κ1) is 17.5. The summed E-state index contributed by atoms with van der Waals surface area (Å²) in [7, 11) is 0. The number of likely N-dealkylation sites (tertiary alicyclic amines) is 1. The van der Waals surface area contributed by atoms with Gasteiger partial charge in [0.25, 0.3) is 6.43 Å². The third-order valence-electron chi connectivity index (χ3n) is 3.62. The number of nitrogens with one attached hydrogen (secondary N) is 1. The Balaban J connectivity index is 1.90. The van der Waals surface area contributed by atoms with Gasteiger partial charge in [0.2, 0.25) is 0 Å². The summed E-state index contributed by atoms with van der Waals surface area (Å²) in [5.74, 6) is 0.581. The standard InChI is InChI=1S/C16H22F2N2O3/c1-2-22-10-12-7-8-20(9-12)16(21)19-13-5-3-4-6-14(13)23-11-15(17)18/h3-6,12,15H,2,7-11H2,1H3,(H,19,21)/t12-/m1/s1. The second kappa shape index (κ2) is 8.67. The average Bonchev–Trinajstić information content (AvgIpc) is 3.01. The number of alkyl halides is 2. The van der Waals surface area contributed by atoms with Gasteiger partial charge in [0.15, 0.2) is 0 Å². The predicted molar refractivity (Wildman–Crippen MR) is 83.1 cm³/mol. The zero-order chi connectivity index (χ0) is 16.7. The van der Waals surface area contributed by atoms with Crippen molar-refractivity contribution in [3.63, 3.8) is 0 Å². The number of carbonyl (C=O) groups excluding carboxylic acids is 1. The van der Waals surface area contributed by atoms with Crippen LogP contribution in [0, 0.1) is 5.92 Å². The summed E-state index contributed by atoms with van der Waals surface area (Å²) >= 11 is 0. The lowest BCUT2D eigenvalue weighted by Crippen LogP contribution is -2.33. The normalized spacial score (nSPS) is 17.6. The van der Waals surface area contributed by atoms with Gasteiger partial charge in [-0.25, -0.2) is 13.6 Å². The van der Waals surface area contributed by atoms with E-state index in [0.29, 0.717) is 37.9 Å². The molecule has 5 nitrogen and oxygen atoms in total. The molecule has 0 aliphatic carbocycles. The Hall–Kier alpha value is -1.89. The van der Waals surface area contributed by atoms with Crippen LogP contribution in [0.15, 0.2) is 24.3 Å². The van der Waals surface area contributed by atoms with Crippen LogP contribution < -0.4 is 10.1 Å². The monoisotopic (exact) mass is 328 g/mol. The van der Waals surface area contributed by atoms with Gasteiger partial charge < -0.3 is 19.7 Å². The number of rotatable bonds is 7. The maximum atomic E-state index is 12.3. The van der Waals surface area contributed by atoms with Gasteiger partial charge in [0.05, 0.1) is 12.3 Å². The molecule has 1 fully saturated rings. The number of hydrogen-bond donors (Lipinski definition) is 1. The van der Waals surface area contributed by atoms with Gasteiger partial charge in [-0.15, -0.1) is 0 Å². The van der Waals surface area contributed by atoms with Crippen LogP contribution in [0.25, 0.3) is 0 Å². The van der Waals surface area contributed by atoms with E-state index in [0.717, 1.165) is 6.42 Å². The van der Waals surface area contributed by atoms with E-state index in [1.165, 1.54) is 0 Å². The highest BCUT2D eigenvalue weighted by molar-refractivity contribution is 5.91. The minimum absolute atomic E-state index is 0.242. The minimum Gasteiger partial charge on any atom is -0.485 e. The van der Waals surface area contributed by atoms with E-state index in [1.807, 2.05) is 6.92 Å². The van der Waals surface area contributed by atoms with E-state index >= 15 is 0 Å². The van der Waals surface area contributed by atoms with Gasteiger partial charge in [-0.2, -0.15) is 0 Å². The molecule has 1 aliphatic rings. The lowest BCUT2D eigenvalue weighted by atomic mass is 10.1. The first-order valence-electron chi connectivity index (χ1n) is 7.73. The summed E-state index contributed by atoms with van der Waals surface area (Å²) < 4.78 is 35.0. The van der Waals surface area contributed by atoms with E-state index < -0.39 is 13.0 Å². The topological polar surface area (TPSA) is 50.8 Å². The first-order chi connectivity index (χ1) is 11.1. The van der Waals surface area contributed by atoms with Crippen LogP contribution in [0.2, 0.25) is 0 Å². The smallest absolute Gasteiger partial charge is 0.321 e. The molecule has 0 saturated carbocycles. The molecule has 1 atom stereocenters. The van der Waals surface area contributed by atoms with Gasteiger partial charge in [0, 0.05) is 25.6 Å². The second-order valence-electron chi connectivity index (χ2n) is 5.39. The fourth-order valence-corrected chi connectivity index (χ4v) is 2.48. The minimum atomic E-state index is -2.56. The molecule has 7 heteroatoms. The molecular weight excluding hydrogens is 306 g/mol. The van der Waals surface area contributed by atoms with Gasteiger partial charge in [-0.05, 0) is 25.5 Å². The van der Waals surface area contributed by atoms with E-state index in [1.54, 1.807) is 29.2 Å². The van der Waals surface area contributed by atoms with Crippen LogP contribution >= 0.6 is 0 Å². The molecule has 1 aromatic carbocycles. The molecule has 2 amide bonds. The van der Waals surface area contributed by atoms with Crippen molar-refractivity contribution in [2.75, 3.05) is 38.2 Å². The number of ether oxygens (including phenoxy) is 2. The van der Waals surface area contributed by atoms with Crippen molar-refractivity contribution >= 4 is 11.7 Å². The summed E-state index contributed by atoms with van der Waals surface area (Å²) in [6.45, 7) is 3.84. The molecule has 0 radical (unpaired) electrons. The molecule has 0 unspecified atom stereocenters. The van der Waals surface area contributed by atoms with Gasteiger partial charge >= 0.3 is 6.03 Å². The first-order valence-corrected chi connectivity index (χ1v) is 7.73. The number of nitrogens with zero attached hydrogens (tertiary/aromatic N) is 1. The summed E-state index contributed by atoms with van der Waals surface area (Å²) in [4.78, 5) is 14.0. The number of amides is 2. The number of urea groups is 1. The lowest BCUT2D eigenvalue weighted by molar-refractivity contribution is 0.0822. The van der Waals surface area contributed by atoms with Crippen molar-refractivity contribution in [3.05, 3.63) is 24.3 Å². The number of halogens is 2. The molecule has 2 rings (SSSR count). The number of anilines is 1. The Bertz CT molecular complexity index is 514. The van der Waals surface area contributed by atoms with E-state index in [4.69, 9.17) is 9.47 Å². The summed E-state index contributed by atoms with van der Waals surface area (Å²) in [6.07, 6.45) is -1.66. The van der Waals surface area contributed by atoms with Gasteiger partial charge in [-0.3, -0.25) is 0 Å². The molecule has 0 bridgehead atoms. The number of hydrogen-bond acceptors (Lipinski definition) is 3. The molecule has 1 N–H and O–H groups in total. The molecule has 1 saturated heterocycles. The van der Waals surface area contributed by atoms with Crippen LogP contribution in [0.5, 0.6) is 5.75 Å². The highest BCUT2D eigenvalue weighted by Gasteiger charge is 2.26. The van der Waals surface area contributed by atoms with Crippen LogP contribution in [0.3, 0.4) is 0 Å². The highest BCUT2D eigenvalue weighted by atomic mass is 19.3. The van der Waals surface area contributed by atoms with Crippen molar-refractivity contribution in [1.29, 1.82) is 0 Å². The molecule has 0 aromatic heterocycles. The Morgan fingerprint density at radius 1 is 1.43 bits per heavy atom. The number of carbonyl (C=O) groups is 1. The Morgan fingerprint density at radius 3 is 2.96 bits per heavy atom. The summed E-state index contributed by atoms with van der Waals surface area (Å²) in [5, 5.41) is 2.73. The van der Waals surface area contributed by atoms with Crippen molar-refractivity contribution in [2.24, 2.45) is 5.92 Å². The van der Waals surface area contributed by atoms with Crippen LogP contribution in [0.1, 0.15) is 13.3 Å². The number of para-hydroxylation sites is 2. The van der Waals surface area contributed by atoms with Crippen LogP contribution in [-0.4, -0.2) is 50.3 Å². The summed E-state index contributed by atoms with van der Waals surface area (Å²) in [6, 6.07) is 6.32. The Kier molecular flexibility index (Phi) is 6.58. The maximum Gasteiger partial charge on any atom is 0.321 e. The van der Waals surface area contributed by atoms with Gasteiger partial charge in [0.1, 0.15) is 12.4 Å². The van der Waals surface area contributed by atoms with Crippen molar-refractivity contribution in [2.45, 2.75) is 19.8 Å².